The minimum Gasteiger partial charge on any atom is -0.468 e. The second-order valence-corrected chi connectivity index (χ2v) is 8.03. The van der Waals surface area contributed by atoms with Gasteiger partial charge in [-0.2, -0.15) is 0 Å². The molecule has 0 N–H and O–H groups in total. The number of esters is 1. The fourth-order valence-electron chi connectivity index (χ4n) is 2.18. The molecule has 10 heteroatoms. The molecule has 2 heterocycles. The maximum Gasteiger partial charge on any atom is 0.315 e. The number of aromatic nitrogens is 2. The minimum absolute atomic E-state index is 0.0847. The predicted octanol–water partition coefficient (Wildman–Crippen LogP) is 4.24. The largest absolute Gasteiger partial charge is 0.468 e. The zero-order valence-electron chi connectivity index (χ0n) is 13.1. The molecule has 1 aliphatic rings. The van der Waals surface area contributed by atoms with Crippen molar-refractivity contribution in [2.75, 3.05) is 12.9 Å². The molecular formula is C15H13ClFN3O2S3. The number of carbonyl (C=O) groups excluding carboxylic acids is 1. The number of hydrogen-bond acceptors (Lipinski definition) is 6. The first-order valence-electron chi connectivity index (χ1n) is 7.22. The van der Waals surface area contributed by atoms with Gasteiger partial charge in [-0.25, -0.2) is 14.1 Å². The molecular weight excluding hydrogens is 405 g/mol. The number of thioether (sulfide) groups is 1. The summed E-state index contributed by atoms with van der Waals surface area (Å²) in [5.41, 5.74) is 0.151. The molecule has 0 spiro atoms. The van der Waals surface area contributed by atoms with E-state index in [1.165, 1.54) is 42.3 Å². The maximum absolute atomic E-state index is 14.3. The van der Waals surface area contributed by atoms with Crippen LogP contribution in [0.15, 0.2) is 28.1 Å². The van der Waals surface area contributed by atoms with E-state index < -0.39 is 5.82 Å². The fourth-order valence-corrected chi connectivity index (χ4v) is 4.50. The average molecular weight is 418 g/mol. The fraction of sp³-hybridized carbons (Fsp3) is 0.267. The second-order valence-electron chi connectivity index (χ2n) is 5.00. The van der Waals surface area contributed by atoms with E-state index >= 15 is 0 Å². The molecule has 132 valence electrons. The number of nitrogens with zero attached hydrogens (tertiary/aromatic N) is 3. The third-order valence-corrected chi connectivity index (χ3v) is 6.13. The van der Waals surface area contributed by atoms with Crippen molar-refractivity contribution >= 4 is 64.8 Å². The van der Waals surface area contributed by atoms with Gasteiger partial charge in [0.2, 0.25) is 4.80 Å². The van der Waals surface area contributed by atoms with E-state index in [0.717, 1.165) is 13.0 Å². The molecule has 1 aliphatic heterocycles. The lowest BCUT2D eigenvalue weighted by molar-refractivity contribution is -0.137. The molecule has 2 aromatic rings. The van der Waals surface area contributed by atoms with E-state index in [0.29, 0.717) is 13.7 Å². The van der Waals surface area contributed by atoms with Gasteiger partial charge in [-0.1, -0.05) is 29.0 Å². The molecule has 0 atom stereocenters. The van der Waals surface area contributed by atoms with Crippen molar-refractivity contribution in [2.24, 2.45) is 4.99 Å². The van der Waals surface area contributed by atoms with Gasteiger partial charge < -0.3 is 4.74 Å². The molecule has 0 unspecified atom stereocenters. The normalized spacial score (nSPS) is 13.8. The van der Waals surface area contributed by atoms with Crippen molar-refractivity contribution in [2.45, 2.75) is 17.9 Å². The van der Waals surface area contributed by atoms with E-state index in [9.17, 15) is 9.18 Å². The number of rotatable bonds is 4. The first-order chi connectivity index (χ1) is 12.0. The van der Waals surface area contributed by atoms with Crippen molar-refractivity contribution in [3.8, 4) is 0 Å². The first-order valence-corrected chi connectivity index (χ1v) is 9.81. The Labute approximate surface area is 161 Å². The molecule has 5 nitrogen and oxygen atoms in total. The second kappa shape index (κ2) is 7.86. The molecule has 1 aromatic heterocycles. The number of ether oxygens (including phenoxy) is 1. The van der Waals surface area contributed by atoms with E-state index in [-0.39, 0.29) is 22.4 Å². The monoisotopic (exact) mass is 417 g/mol. The van der Waals surface area contributed by atoms with E-state index in [1.54, 1.807) is 0 Å². The number of hydrogen-bond donors (Lipinski definition) is 0. The zero-order valence-corrected chi connectivity index (χ0v) is 16.3. The Morgan fingerprint density at radius 1 is 1.56 bits per heavy atom. The van der Waals surface area contributed by atoms with Crippen LogP contribution in [-0.4, -0.2) is 28.2 Å². The predicted molar refractivity (Wildman–Crippen MR) is 100 cm³/mol. The van der Waals surface area contributed by atoms with Gasteiger partial charge in [-0.15, -0.1) is 11.8 Å². The summed E-state index contributed by atoms with van der Waals surface area (Å²) in [5.74, 6) is -0.829. The summed E-state index contributed by atoms with van der Waals surface area (Å²) >= 11 is 13.9. The lowest BCUT2D eigenvalue weighted by atomic mass is 10.3. The molecule has 25 heavy (non-hydrogen) atoms. The van der Waals surface area contributed by atoms with Crippen molar-refractivity contribution in [3.05, 3.63) is 37.8 Å². The van der Waals surface area contributed by atoms with Gasteiger partial charge in [0.05, 0.1) is 17.9 Å². The Bertz CT molecular complexity index is 977. The van der Waals surface area contributed by atoms with Crippen molar-refractivity contribution < 1.29 is 13.9 Å². The van der Waals surface area contributed by atoms with Crippen LogP contribution in [0.5, 0.6) is 0 Å². The summed E-state index contributed by atoms with van der Waals surface area (Å²) in [6, 6.07) is 2.73. The Balaban J connectivity index is 2.02. The van der Waals surface area contributed by atoms with Gasteiger partial charge in [-0.3, -0.25) is 9.48 Å². The molecule has 0 fully saturated rings. The van der Waals surface area contributed by atoms with Gasteiger partial charge in [0.1, 0.15) is 11.5 Å². The third-order valence-electron chi connectivity index (χ3n) is 3.39. The number of allylic oxidation sites excluding steroid dienone is 1. The van der Waals surface area contributed by atoms with Crippen molar-refractivity contribution in [3.63, 3.8) is 0 Å². The Kier molecular flexibility index (Phi) is 5.78. The summed E-state index contributed by atoms with van der Waals surface area (Å²) < 4.78 is 23.3. The maximum atomic E-state index is 14.3. The summed E-state index contributed by atoms with van der Waals surface area (Å²) in [6.45, 7) is 0.724. The van der Waals surface area contributed by atoms with E-state index in [4.69, 9.17) is 23.8 Å². The molecule has 3 rings (SSSR count). The number of halogens is 2. The van der Waals surface area contributed by atoms with Crippen LogP contribution < -0.4 is 4.80 Å². The highest BCUT2D eigenvalue weighted by atomic mass is 35.5. The lowest BCUT2D eigenvalue weighted by Crippen LogP contribution is -2.22. The Morgan fingerprint density at radius 2 is 2.36 bits per heavy atom. The molecule has 0 bridgehead atoms. The Hall–Kier alpha value is -1.42. The lowest BCUT2D eigenvalue weighted by Gasteiger charge is -2.11. The van der Waals surface area contributed by atoms with Crippen molar-refractivity contribution in [1.29, 1.82) is 0 Å². The van der Waals surface area contributed by atoms with Gasteiger partial charge >= 0.3 is 5.97 Å². The van der Waals surface area contributed by atoms with Gasteiger partial charge in [-0.05, 0) is 30.8 Å². The Morgan fingerprint density at radius 3 is 3.12 bits per heavy atom. The van der Waals surface area contributed by atoms with Crippen LogP contribution in [0.3, 0.4) is 0 Å². The topological polar surface area (TPSA) is 48.5 Å². The summed E-state index contributed by atoms with van der Waals surface area (Å²) in [6.07, 6.45) is 4.77. The number of fused-ring (bicyclic) bond motifs is 1. The SMILES string of the molecule is COC(=O)CSc1cc(N=c2sc(=S)n3n2CCC=C3)c(F)cc1Cl. The van der Waals surface area contributed by atoms with E-state index in [2.05, 4.69) is 9.73 Å². The number of methoxy groups -OCH3 is 1. The number of carbonyl (C=O) groups is 1. The van der Waals surface area contributed by atoms with Crippen LogP contribution in [0.2, 0.25) is 5.02 Å². The highest BCUT2D eigenvalue weighted by Crippen LogP contribution is 2.33. The quantitative estimate of drug-likeness (QED) is 0.424. The summed E-state index contributed by atoms with van der Waals surface area (Å²) in [7, 11) is 1.31. The summed E-state index contributed by atoms with van der Waals surface area (Å²) in [4.78, 5) is 16.9. The minimum atomic E-state index is -0.530. The molecule has 1 aromatic carbocycles. The summed E-state index contributed by atoms with van der Waals surface area (Å²) in [5, 5.41) is 0.229. The van der Waals surface area contributed by atoms with Crippen LogP contribution in [0.4, 0.5) is 10.1 Å². The van der Waals surface area contributed by atoms with Crippen LogP contribution in [0, 0.1) is 9.77 Å². The molecule has 0 radical (unpaired) electrons. The van der Waals surface area contributed by atoms with Crippen LogP contribution in [-0.2, 0) is 16.1 Å². The van der Waals surface area contributed by atoms with E-state index in [1.807, 2.05) is 21.6 Å². The molecule has 0 amide bonds. The zero-order chi connectivity index (χ0) is 18.0. The van der Waals surface area contributed by atoms with Crippen molar-refractivity contribution in [1.82, 2.24) is 9.36 Å². The van der Waals surface area contributed by atoms with Crippen LogP contribution >= 0.6 is 46.9 Å². The van der Waals surface area contributed by atoms with Gasteiger partial charge in [0, 0.05) is 17.6 Å². The van der Waals surface area contributed by atoms with Crippen LogP contribution in [0.25, 0.3) is 6.20 Å². The first kappa shape index (κ1) is 18.4. The third kappa shape index (κ3) is 4.05. The standard InChI is InChI=1S/C15H13ClFN3O2S3/c1-22-13(21)8-24-12-7-11(10(17)6-9(12)16)18-14-19-4-2-3-5-20(19)15(23)25-14/h3,5-7H,2,4,8H2,1H3. The van der Waals surface area contributed by atoms with Crippen LogP contribution in [0.1, 0.15) is 6.42 Å². The highest BCUT2D eigenvalue weighted by Gasteiger charge is 2.13. The molecule has 0 aliphatic carbocycles. The average Bonchev–Trinajstić information content (AvgIpc) is 2.92. The molecule has 0 saturated heterocycles. The molecule has 0 saturated carbocycles. The number of benzene rings is 1. The van der Waals surface area contributed by atoms with Gasteiger partial charge in [0.25, 0.3) is 0 Å². The van der Waals surface area contributed by atoms with Gasteiger partial charge in [0.15, 0.2) is 3.95 Å². The highest BCUT2D eigenvalue weighted by molar-refractivity contribution is 8.00. The smallest absolute Gasteiger partial charge is 0.315 e.